The van der Waals surface area contributed by atoms with Crippen LogP contribution in [0.1, 0.15) is 5.69 Å². The molecule has 1 aromatic carbocycles. The molecule has 0 radical (unpaired) electrons. The van der Waals surface area contributed by atoms with Crippen molar-refractivity contribution in [2.45, 2.75) is 6.42 Å². The molecule has 0 spiro atoms. The molecule has 0 aliphatic rings. The lowest BCUT2D eigenvalue weighted by atomic mass is 10.1. The number of aromatic nitrogens is 1. The van der Waals surface area contributed by atoms with Crippen LogP contribution in [0, 0.1) is 0 Å². The Bertz CT molecular complexity index is 828. The molecule has 0 atom stereocenters. The monoisotopic (exact) mass is 335 g/mol. The van der Waals surface area contributed by atoms with Crippen molar-refractivity contribution in [3.8, 4) is 11.1 Å². The lowest BCUT2D eigenvalue weighted by molar-refractivity contribution is -1.01. The highest BCUT2D eigenvalue weighted by Gasteiger charge is 2.25. The molecule has 0 bridgehead atoms. The smallest absolute Gasteiger partial charge is 0.310 e. The first-order valence-electron chi connectivity index (χ1n) is 6.79. The van der Waals surface area contributed by atoms with E-state index in [1.807, 2.05) is 40.2 Å². The summed E-state index contributed by atoms with van der Waals surface area (Å²) in [4.78, 5) is 13.1. The predicted molar refractivity (Wildman–Crippen MR) is 88.3 cm³/mol. The number of thiazole rings is 1. The molecular weight excluding hydrogens is 320 g/mol. The van der Waals surface area contributed by atoms with Gasteiger partial charge in [0.2, 0.25) is 0 Å². The highest BCUT2D eigenvalue weighted by atomic mass is 35.5. The van der Waals surface area contributed by atoms with Gasteiger partial charge in [-0.15, -0.1) is 16.0 Å². The van der Waals surface area contributed by atoms with Crippen molar-refractivity contribution in [1.29, 1.82) is 0 Å². The molecule has 0 aliphatic heterocycles. The molecule has 6 heteroatoms. The summed E-state index contributed by atoms with van der Waals surface area (Å²) in [5.74, 6) is -0.249. The highest BCUT2D eigenvalue weighted by Crippen LogP contribution is 2.28. The molecule has 114 valence electrons. The van der Waals surface area contributed by atoms with Crippen molar-refractivity contribution in [2.24, 2.45) is 0 Å². The molecule has 0 aliphatic carbocycles. The minimum atomic E-state index is -0.664. The summed E-state index contributed by atoms with van der Waals surface area (Å²) in [6, 6.07) is 9.75. The summed E-state index contributed by atoms with van der Waals surface area (Å²) in [5, 5.41) is 12.4. The molecule has 22 heavy (non-hydrogen) atoms. The topological polar surface area (TPSA) is 41.7 Å². The lowest BCUT2D eigenvalue weighted by Gasteiger charge is -2.15. The van der Waals surface area contributed by atoms with E-state index >= 15 is 0 Å². The van der Waals surface area contributed by atoms with Gasteiger partial charge < -0.3 is 4.40 Å². The highest BCUT2D eigenvalue weighted by molar-refractivity contribution is 7.15. The Kier molecular flexibility index (Phi) is 3.82. The van der Waals surface area contributed by atoms with Crippen LogP contribution in [0.3, 0.4) is 0 Å². The Labute approximate surface area is 137 Å². The van der Waals surface area contributed by atoms with Gasteiger partial charge in [0, 0.05) is 27.9 Å². The normalized spacial score (nSPS) is 12.0. The molecule has 4 nitrogen and oxygen atoms in total. The van der Waals surface area contributed by atoms with Gasteiger partial charge in [0.15, 0.2) is 0 Å². The van der Waals surface area contributed by atoms with Crippen molar-refractivity contribution in [3.63, 3.8) is 0 Å². The van der Waals surface area contributed by atoms with E-state index in [-0.39, 0.29) is 12.3 Å². The molecular formula is C16H16ClN2O2S+. The molecule has 1 N–H and O–H groups in total. The summed E-state index contributed by atoms with van der Waals surface area (Å²) < 4.78 is 1.34. The first-order valence-corrected chi connectivity index (χ1v) is 8.05. The number of likely N-dealkylation sites (N-methyl/N-ethyl adjacent to an activating group) is 1. The molecule has 3 rings (SSSR count). The van der Waals surface area contributed by atoms with Gasteiger partial charge >= 0.3 is 5.91 Å². The Morgan fingerprint density at radius 3 is 2.59 bits per heavy atom. The number of rotatable bonds is 3. The predicted octanol–water partition coefficient (Wildman–Crippen LogP) is 3.86. The van der Waals surface area contributed by atoms with Gasteiger partial charge in [-0.25, -0.2) is 10.0 Å². The van der Waals surface area contributed by atoms with Crippen LogP contribution in [0.4, 0.5) is 0 Å². The molecule has 3 aromatic rings. The number of carbonyl (C=O) groups is 1. The van der Waals surface area contributed by atoms with Crippen LogP contribution in [-0.2, 0) is 11.2 Å². The summed E-state index contributed by atoms with van der Waals surface area (Å²) >= 11 is 7.50. The standard InChI is InChI=1S/C16H16ClN2O2S/c1-19(2,21)16(20)8-14-10-22-15-7-12(9-18(14)15)11-3-5-13(17)6-4-11/h3-7,9-10,21H,8H2,1-2H3/q+1. The van der Waals surface area contributed by atoms with E-state index in [0.29, 0.717) is 5.02 Å². The van der Waals surface area contributed by atoms with E-state index in [0.717, 1.165) is 21.7 Å². The Morgan fingerprint density at radius 1 is 1.27 bits per heavy atom. The van der Waals surface area contributed by atoms with Crippen LogP contribution < -0.4 is 0 Å². The second-order valence-electron chi connectivity index (χ2n) is 5.64. The van der Waals surface area contributed by atoms with Gasteiger partial charge in [0.05, 0.1) is 4.83 Å². The number of hydroxylamine groups is 3. The number of halogens is 1. The van der Waals surface area contributed by atoms with E-state index in [2.05, 4.69) is 6.07 Å². The number of amides is 1. The fourth-order valence-electron chi connectivity index (χ4n) is 2.22. The quantitative estimate of drug-likeness (QED) is 0.448. The zero-order chi connectivity index (χ0) is 15.9. The van der Waals surface area contributed by atoms with Crippen molar-refractivity contribution in [2.75, 3.05) is 14.1 Å². The van der Waals surface area contributed by atoms with Crippen molar-refractivity contribution >= 4 is 33.7 Å². The average molecular weight is 336 g/mol. The number of carbonyl (C=O) groups excluding carboxylic acids is 1. The summed E-state index contributed by atoms with van der Waals surface area (Å²) in [6.07, 6.45) is 2.20. The number of quaternary nitrogens is 1. The van der Waals surface area contributed by atoms with Crippen molar-refractivity contribution in [1.82, 2.24) is 4.40 Å². The van der Waals surface area contributed by atoms with Crippen LogP contribution >= 0.6 is 22.9 Å². The number of benzene rings is 1. The van der Waals surface area contributed by atoms with Gasteiger partial charge in [0.25, 0.3) is 0 Å². The number of hydrogen-bond acceptors (Lipinski definition) is 3. The van der Waals surface area contributed by atoms with E-state index in [9.17, 15) is 10.0 Å². The molecule has 0 fully saturated rings. The van der Waals surface area contributed by atoms with Gasteiger partial charge in [-0.1, -0.05) is 23.7 Å². The minimum absolute atomic E-state index is 0.193. The van der Waals surface area contributed by atoms with E-state index in [4.69, 9.17) is 11.6 Å². The summed E-state index contributed by atoms with van der Waals surface area (Å²) in [6.45, 7) is 0. The average Bonchev–Trinajstić information content (AvgIpc) is 3.00. The largest absolute Gasteiger partial charge is 0.351 e. The summed E-state index contributed by atoms with van der Waals surface area (Å²) in [7, 11) is 2.92. The van der Waals surface area contributed by atoms with E-state index < -0.39 is 4.65 Å². The van der Waals surface area contributed by atoms with Gasteiger partial charge in [0.1, 0.15) is 20.5 Å². The Balaban J connectivity index is 1.95. The minimum Gasteiger partial charge on any atom is -0.310 e. The maximum Gasteiger partial charge on any atom is 0.351 e. The second kappa shape index (κ2) is 5.52. The maximum atomic E-state index is 12.0. The molecule has 1 amide bonds. The first kappa shape index (κ1) is 15.2. The van der Waals surface area contributed by atoms with Crippen molar-refractivity contribution < 1.29 is 14.6 Å². The molecule has 0 unspecified atom stereocenters. The second-order valence-corrected chi connectivity index (χ2v) is 6.96. The van der Waals surface area contributed by atoms with Crippen LogP contribution in [0.2, 0.25) is 5.02 Å². The third-order valence-corrected chi connectivity index (χ3v) is 4.73. The SMILES string of the molecule is C[N+](C)(O)C(=O)Cc1csc2cc(-c3ccc(Cl)cc3)cn12. The van der Waals surface area contributed by atoms with E-state index in [1.54, 1.807) is 11.3 Å². The Hall–Kier alpha value is -1.66. The molecule has 0 saturated heterocycles. The van der Waals surface area contributed by atoms with Crippen LogP contribution in [-0.4, -0.2) is 34.3 Å². The van der Waals surface area contributed by atoms with Crippen LogP contribution in [0.25, 0.3) is 16.0 Å². The lowest BCUT2D eigenvalue weighted by Crippen LogP contribution is -2.43. The van der Waals surface area contributed by atoms with Gasteiger partial charge in [-0.2, -0.15) is 0 Å². The zero-order valence-corrected chi connectivity index (χ0v) is 13.9. The third-order valence-electron chi connectivity index (χ3n) is 3.53. The fraction of sp³-hybridized carbons (Fsp3) is 0.188. The molecule has 2 heterocycles. The first-order chi connectivity index (χ1) is 10.3. The van der Waals surface area contributed by atoms with Crippen LogP contribution in [0.5, 0.6) is 0 Å². The molecule has 2 aromatic heterocycles. The van der Waals surface area contributed by atoms with Gasteiger partial charge in [-0.3, -0.25) is 0 Å². The fourth-order valence-corrected chi connectivity index (χ4v) is 3.28. The van der Waals surface area contributed by atoms with Crippen molar-refractivity contribution in [3.05, 3.63) is 52.6 Å². The zero-order valence-electron chi connectivity index (χ0n) is 12.3. The maximum absolute atomic E-state index is 12.0. The molecule has 0 saturated carbocycles. The number of fused-ring (bicyclic) bond motifs is 1. The Morgan fingerprint density at radius 2 is 1.95 bits per heavy atom. The van der Waals surface area contributed by atoms with Gasteiger partial charge in [-0.05, 0) is 23.8 Å². The number of nitrogens with zero attached hydrogens (tertiary/aromatic N) is 2. The third kappa shape index (κ3) is 2.94. The van der Waals surface area contributed by atoms with Crippen LogP contribution in [0.15, 0.2) is 41.9 Å². The summed E-state index contributed by atoms with van der Waals surface area (Å²) in [5.41, 5.74) is 3.04. The number of hydrogen-bond donors (Lipinski definition) is 1. The van der Waals surface area contributed by atoms with E-state index in [1.165, 1.54) is 14.1 Å².